The molecule has 1 fully saturated rings. The summed E-state index contributed by atoms with van der Waals surface area (Å²) in [5, 5.41) is 10.6. The first kappa shape index (κ1) is 22.9. The number of carbonyl (C=O) groups excluding carboxylic acids is 1. The third-order valence-electron chi connectivity index (χ3n) is 6.29. The molecule has 0 unspecified atom stereocenters. The van der Waals surface area contributed by atoms with E-state index < -0.39 is 0 Å². The maximum atomic E-state index is 13.0. The van der Waals surface area contributed by atoms with Gasteiger partial charge < -0.3 is 10.6 Å². The fourth-order valence-corrected chi connectivity index (χ4v) is 4.54. The van der Waals surface area contributed by atoms with Gasteiger partial charge in [-0.2, -0.15) is 0 Å². The van der Waals surface area contributed by atoms with E-state index >= 15 is 0 Å². The second-order valence-corrected chi connectivity index (χ2v) is 9.33. The van der Waals surface area contributed by atoms with Crippen molar-refractivity contribution in [3.8, 4) is 11.1 Å². The number of hydrogen-bond donors (Lipinski definition) is 3. The van der Waals surface area contributed by atoms with Gasteiger partial charge in [0.25, 0.3) is 5.91 Å². The minimum absolute atomic E-state index is 0.201. The Morgan fingerprint density at radius 3 is 2.69 bits per heavy atom. The Labute approximate surface area is 205 Å². The maximum Gasteiger partial charge on any atom is 0.258 e. The molecule has 4 aromatic rings. The van der Waals surface area contributed by atoms with Crippen molar-refractivity contribution in [2.75, 3.05) is 23.7 Å². The van der Waals surface area contributed by atoms with Crippen LogP contribution in [0.4, 0.5) is 11.6 Å². The van der Waals surface area contributed by atoms with E-state index in [0.717, 1.165) is 53.6 Å². The standard InChI is InChI=1S/C28H30N6O/c1-18(2)32-25-13-24(15-30-17-25)21-6-7-23-16-31-28(33-26(23)14-21)34-27(35)22-5-3-4-20(12-22)19-8-10-29-11-9-19/h3-7,12-19,29,32H,8-11H2,1-2H3,(H,31,33,34,35). The van der Waals surface area contributed by atoms with E-state index in [9.17, 15) is 4.79 Å². The van der Waals surface area contributed by atoms with Crippen LogP contribution in [0.3, 0.4) is 0 Å². The van der Waals surface area contributed by atoms with E-state index in [1.807, 2.05) is 48.8 Å². The number of carbonyl (C=O) groups is 1. The zero-order valence-electron chi connectivity index (χ0n) is 20.1. The fraction of sp³-hybridized carbons (Fsp3) is 0.286. The van der Waals surface area contributed by atoms with Crippen LogP contribution in [0.15, 0.2) is 67.1 Å². The maximum absolute atomic E-state index is 13.0. The Hall–Kier alpha value is -3.84. The van der Waals surface area contributed by atoms with Gasteiger partial charge in [-0.15, -0.1) is 0 Å². The summed E-state index contributed by atoms with van der Waals surface area (Å²) in [6, 6.07) is 16.3. The smallest absolute Gasteiger partial charge is 0.258 e. The van der Waals surface area contributed by atoms with Crippen LogP contribution >= 0.6 is 0 Å². The molecule has 35 heavy (non-hydrogen) atoms. The van der Waals surface area contributed by atoms with Crippen molar-refractivity contribution in [3.63, 3.8) is 0 Å². The van der Waals surface area contributed by atoms with Crippen LogP contribution in [0, 0.1) is 0 Å². The minimum atomic E-state index is -0.201. The Bertz CT molecular complexity index is 1350. The monoisotopic (exact) mass is 466 g/mol. The number of amides is 1. The molecule has 0 aliphatic carbocycles. The molecule has 0 radical (unpaired) electrons. The van der Waals surface area contributed by atoms with Crippen molar-refractivity contribution in [1.29, 1.82) is 0 Å². The van der Waals surface area contributed by atoms with E-state index in [2.05, 4.69) is 56.9 Å². The number of aromatic nitrogens is 3. The Balaban J connectivity index is 1.36. The molecule has 2 aromatic heterocycles. The van der Waals surface area contributed by atoms with Crippen molar-refractivity contribution in [2.45, 2.75) is 38.6 Å². The van der Waals surface area contributed by atoms with Crippen LogP contribution in [0.5, 0.6) is 0 Å². The van der Waals surface area contributed by atoms with Gasteiger partial charge in [0.2, 0.25) is 5.95 Å². The van der Waals surface area contributed by atoms with E-state index in [1.165, 1.54) is 5.56 Å². The van der Waals surface area contributed by atoms with Gasteiger partial charge in [-0.1, -0.05) is 24.3 Å². The summed E-state index contributed by atoms with van der Waals surface area (Å²) in [7, 11) is 0. The summed E-state index contributed by atoms with van der Waals surface area (Å²) in [6.07, 6.45) is 7.58. The number of fused-ring (bicyclic) bond motifs is 1. The number of piperidine rings is 1. The highest BCUT2D eigenvalue weighted by atomic mass is 16.1. The third kappa shape index (κ3) is 5.46. The molecule has 1 saturated heterocycles. The zero-order chi connectivity index (χ0) is 24.2. The average molecular weight is 467 g/mol. The number of hydrogen-bond acceptors (Lipinski definition) is 6. The van der Waals surface area contributed by atoms with Gasteiger partial charge in [-0.3, -0.25) is 15.1 Å². The van der Waals surface area contributed by atoms with Gasteiger partial charge >= 0.3 is 0 Å². The second kappa shape index (κ2) is 10.2. The summed E-state index contributed by atoms with van der Waals surface area (Å²) in [5.74, 6) is 0.580. The Morgan fingerprint density at radius 1 is 1.00 bits per heavy atom. The highest BCUT2D eigenvalue weighted by Gasteiger charge is 2.17. The van der Waals surface area contributed by atoms with Gasteiger partial charge in [-0.05, 0) is 81.1 Å². The van der Waals surface area contributed by atoms with Gasteiger partial charge in [-0.25, -0.2) is 9.97 Å². The molecule has 1 amide bonds. The van der Waals surface area contributed by atoms with Gasteiger partial charge in [0.05, 0.1) is 11.2 Å². The molecule has 2 aromatic carbocycles. The average Bonchev–Trinajstić information content (AvgIpc) is 2.88. The molecule has 5 rings (SSSR count). The topological polar surface area (TPSA) is 91.8 Å². The van der Waals surface area contributed by atoms with Crippen LogP contribution in [0.25, 0.3) is 22.0 Å². The SMILES string of the molecule is CC(C)Nc1cncc(-c2ccc3cnc(NC(=O)c4cccc(C5CCNCC5)c4)nc3c2)c1. The molecule has 3 heterocycles. The Kier molecular flexibility index (Phi) is 6.68. The summed E-state index contributed by atoms with van der Waals surface area (Å²) >= 11 is 0. The molecule has 1 aliphatic heterocycles. The van der Waals surface area contributed by atoms with Crippen LogP contribution < -0.4 is 16.0 Å². The minimum Gasteiger partial charge on any atom is -0.382 e. The van der Waals surface area contributed by atoms with Crippen molar-refractivity contribution in [2.24, 2.45) is 0 Å². The first-order valence-electron chi connectivity index (χ1n) is 12.2. The lowest BCUT2D eigenvalue weighted by atomic mass is 9.89. The van der Waals surface area contributed by atoms with Gasteiger partial charge in [0, 0.05) is 41.1 Å². The second-order valence-electron chi connectivity index (χ2n) is 9.33. The van der Waals surface area contributed by atoms with Crippen LogP contribution in [0.2, 0.25) is 0 Å². The molecule has 0 saturated carbocycles. The highest BCUT2D eigenvalue weighted by molar-refractivity contribution is 6.03. The number of nitrogens with zero attached hydrogens (tertiary/aromatic N) is 3. The van der Waals surface area contributed by atoms with Crippen molar-refractivity contribution in [3.05, 3.63) is 78.2 Å². The van der Waals surface area contributed by atoms with Crippen molar-refractivity contribution >= 4 is 28.4 Å². The lowest BCUT2D eigenvalue weighted by Crippen LogP contribution is -2.26. The number of rotatable bonds is 6. The Morgan fingerprint density at radius 2 is 1.86 bits per heavy atom. The molecule has 0 spiro atoms. The summed E-state index contributed by atoms with van der Waals surface area (Å²) in [4.78, 5) is 26.3. The molecule has 7 nitrogen and oxygen atoms in total. The zero-order valence-corrected chi connectivity index (χ0v) is 20.1. The molecular weight excluding hydrogens is 436 g/mol. The molecule has 3 N–H and O–H groups in total. The number of anilines is 2. The molecule has 0 bridgehead atoms. The molecule has 178 valence electrons. The van der Waals surface area contributed by atoms with Crippen LogP contribution in [-0.4, -0.2) is 40.0 Å². The van der Waals surface area contributed by atoms with E-state index in [-0.39, 0.29) is 5.91 Å². The number of pyridine rings is 1. The van der Waals surface area contributed by atoms with E-state index in [1.54, 1.807) is 6.20 Å². The molecule has 0 atom stereocenters. The lowest BCUT2D eigenvalue weighted by Gasteiger charge is -2.23. The molecular formula is C28H30N6O. The predicted octanol–water partition coefficient (Wildman–Crippen LogP) is 5.23. The largest absolute Gasteiger partial charge is 0.382 e. The van der Waals surface area contributed by atoms with Crippen LogP contribution in [-0.2, 0) is 0 Å². The van der Waals surface area contributed by atoms with Gasteiger partial charge in [0.15, 0.2) is 0 Å². The third-order valence-corrected chi connectivity index (χ3v) is 6.29. The number of nitrogens with one attached hydrogen (secondary N) is 3. The quantitative estimate of drug-likeness (QED) is 0.360. The first-order chi connectivity index (χ1) is 17.0. The first-order valence-corrected chi connectivity index (χ1v) is 12.2. The highest BCUT2D eigenvalue weighted by Crippen LogP contribution is 2.27. The number of benzene rings is 2. The summed E-state index contributed by atoms with van der Waals surface area (Å²) in [5.41, 5.74) is 5.57. The lowest BCUT2D eigenvalue weighted by molar-refractivity contribution is 0.102. The van der Waals surface area contributed by atoms with Gasteiger partial charge in [0.1, 0.15) is 0 Å². The van der Waals surface area contributed by atoms with Crippen molar-refractivity contribution in [1.82, 2.24) is 20.3 Å². The van der Waals surface area contributed by atoms with E-state index in [4.69, 9.17) is 0 Å². The molecule has 7 heteroatoms. The van der Waals surface area contributed by atoms with Crippen LogP contribution in [0.1, 0.15) is 48.5 Å². The van der Waals surface area contributed by atoms with Crippen molar-refractivity contribution < 1.29 is 4.79 Å². The normalized spacial score (nSPS) is 14.3. The van der Waals surface area contributed by atoms with E-state index in [0.29, 0.717) is 23.5 Å². The fourth-order valence-electron chi connectivity index (χ4n) is 4.54. The summed E-state index contributed by atoms with van der Waals surface area (Å²) < 4.78 is 0. The predicted molar refractivity (Wildman–Crippen MR) is 141 cm³/mol. The summed E-state index contributed by atoms with van der Waals surface area (Å²) in [6.45, 7) is 6.23. The molecule has 1 aliphatic rings.